The van der Waals surface area contributed by atoms with Gasteiger partial charge in [-0.05, 0) is 50.1 Å². The van der Waals surface area contributed by atoms with Crippen LogP contribution in [0.15, 0.2) is 36.4 Å². The number of piperazine rings is 1. The van der Waals surface area contributed by atoms with Crippen LogP contribution >= 0.6 is 11.6 Å². The van der Waals surface area contributed by atoms with Crippen LogP contribution in [0.25, 0.3) is 0 Å². The molecule has 0 aromatic heterocycles. The van der Waals surface area contributed by atoms with Crippen LogP contribution in [0.4, 0.5) is 16.2 Å². The number of amides is 3. The molecule has 1 heterocycles. The Morgan fingerprint density at radius 1 is 1.03 bits per heavy atom. The minimum absolute atomic E-state index is 0.269. The minimum atomic E-state index is -0.491. The van der Waals surface area contributed by atoms with Gasteiger partial charge in [0.1, 0.15) is 0 Å². The van der Waals surface area contributed by atoms with Crippen molar-refractivity contribution in [3.05, 3.63) is 58.1 Å². The Kier molecular flexibility index (Phi) is 6.77. The molecule has 7 heteroatoms. The van der Waals surface area contributed by atoms with Crippen LogP contribution in [0, 0.1) is 20.8 Å². The Hall–Kier alpha value is -2.57. The molecule has 3 amide bonds. The third kappa shape index (κ3) is 5.71. The zero-order chi connectivity index (χ0) is 21.0. The van der Waals surface area contributed by atoms with Crippen molar-refractivity contribution in [2.45, 2.75) is 20.8 Å². The number of anilines is 2. The lowest BCUT2D eigenvalue weighted by Crippen LogP contribution is -3.16. The van der Waals surface area contributed by atoms with Crippen LogP contribution in [0.1, 0.15) is 16.7 Å². The van der Waals surface area contributed by atoms with Gasteiger partial charge >= 0.3 is 6.03 Å². The standard InChI is InChI=1S/C22H27ClN4O2/c1-15-4-7-19(17(3)12-15)24-22(29)25-21(28)14-26-8-10-27(11-9-26)20-13-18(23)6-5-16(20)2/h4-7,12-13H,8-11,14H2,1-3H3,(H2,24,25,28,29)/p+1. The summed E-state index contributed by atoms with van der Waals surface area (Å²) < 4.78 is 0. The predicted molar refractivity (Wildman–Crippen MR) is 117 cm³/mol. The summed E-state index contributed by atoms with van der Waals surface area (Å²) in [5.41, 5.74) is 5.14. The van der Waals surface area contributed by atoms with Crippen molar-refractivity contribution in [2.75, 3.05) is 42.9 Å². The van der Waals surface area contributed by atoms with Gasteiger partial charge in [0.2, 0.25) is 0 Å². The van der Waals surface area contributed by atoms with E-state index in [1.54, 1.807) is 0 Å². The lowest BCUT2D eigenvalue weighted by Gasteiger charge is -2.34. The van der Waals surface area contributed by atoms with Gasteiger partial charge in [-0.15, -0.1) is 0 Å². The van der Waals surface area contributed by atoms with Gasteiger partial charge in [0.05, 0.1) is 26.2 Å². The molecular weight excluding hydrogens is 388 g/mol. The molecule has 2 aromatic carbocycles. The van der Waals surface area contributed by atoms with Crippen LogP contribution < -0.4 is 20.4 Å². The molecule has 0 atom stereocenters. The first-order chi connectivity index (χ1) is 13.8. The SMILES string of the molecule is Cc1ccc(NC(=O)NC(=O)C[NH+]2CCN(c3cc(Cl)ccc3C)CC2)c(C)c1. The number of hydrogen-bond acceptors (Lipinski definition) is 3. The van der Waals surface area contributed by atoms with E-state index in [9.17, 15) is 9.59 Å². The summed E-state index contributed by atoms with van der Waals surface area (Å²) in [6.07, 6.45) is 0. The fourth-order valence-electron chi connectivity index (χ4n) is 3.67. The van der Waals surface area contributed by atoms with Crippen molar-refractivity contribution < 1.29 is 14.5 Å². The molecule has 0 spiro atoms. The van der Waals surface area contributed by atoms with E-state index in [1.165, 1.54) is 5.56 Å². The Labute approximate surface area is 176 Å². The third-order valence-corrected chi connectivity index (χ3v) is 5.51. The number of hydrogen-bond donors (Lipinski definition) is 3. The molecule has 29 heavy (non-hydrogen) atoms. The van der Waals surface area contributed by atoms with E-state index in [0.717, 1.165) is 52.9 Å². The highest BCUT2D eigenvalue weighted by Gasteiger charge is 2.24. The Bertz CT molecular complexity index is 908. The van der Waals surface area contributed by atoms with Gasteiger partial charge in [-0.25, -0.2) is 4.79 Å². The lowest BCUT2D eigenvalue weighted by atomic mass is 10.1. The largest absolute Gasteiger partial charge is 0.360 e. The first kappa shape index (κ1) is 21.1. The predicted octanol–water partition coefficient (Wildman–Crippen LogP) is 2.32. The van der Waals surface area contributed by atoms with E-state index in [4.69, 9.17) is 11.6 Å². The highest BCUT2D eigenvalue weighted by molar-refractivity contribution is 6.30. The Morgan fingerprint density at radius 2 is 1.76 bits per heavy atom. The van der Waals surface area contributed by atoms with Crippen molar-refractivity contribution >= 4 is 34.9 Å². The molecule has 0 aliphatic carbocycles. The molecule has 1 aliphatic rings. The second kappa shape index (κ2) is 9.29. The number of carbonyl (C=O) groups excluding carboxylic acids is 2. The zero-order valence-corrected chi connectivity index (χ0v) is 17.9. The maximum atomic E-state index is 12.3. The average Bonchev–Trinajstić information content (AvgIpc) is 2.66. The second-order valence-corrected chi connectivity index (χ2v) is 8.10. The summed E-state index contributed by atoms with van der Waals surface area (Å²) in [7, 11) is 0. The molecule has 0 unspecified atom stereocenters. The van der Waals surface area contributed by atoms with E-state index >= 15 is 0 Å². The van der Waals surface area contributed by atoms with Crippen LogP contribution in [0.2, 0.25) is 5.02 Å². The van der Waals surface area contributed by atoms with Crippen molar-refractivity contribution in [1.29, 1.82) is 0 Å². The quantitative estimate of drug-likeness (QED) is 0.718. The van der Waals surface area contributed by atoms with Crippen molar-refractivity contribution in [3.8, 4) is 0 Å². The maximum absolute atomic E-state index is 12.3. The van der Waals surface area contributed by atoms with Crippen LogP contribution in [-0.2, 0) is 4.79 Å². The molecule has 0 bridgehead atoms. The number of aryl methyl sites for hydroxylation is 3. The van der Waals surface area contributed by atoms with Gasteiger partial charge in [0, 0.05) is 16.4 Å². The fraction of sp³-hybridized carbons (Fsp3) is 0.364. The number of urea groups is 1. The molecule has 2 aromatic rings. The highest BCUT2D eigenvalue weighted by atomic mass is 35.5. The normalized spacial score (nSPS) is 14.6. The van der Waals surface area contributed by atoms with Crippen LogP contribution in [0.3, 0.4) is 0 Å². The van der Waals surface area contributed by atoms with Crippen molar-refractivity contribution in [1.82, 2.24) is 5.32 Å². The van der Waals surface area contributed by atoms with E-state index in [-0.39, 0.29) is 12.5 Å². The maximum Gasteiger partial charge on any atom is 0.326 e. The minimum Gasteiger partial charge on any atom is -0.360 e. The van der Waals surface area contributed by atoms with Gasteiger partial charge in [-0.3, -0.25) is 10.1 Å². The summed E-state index contributed by atoms with van der Waals surface area (Å²) in [4.78, 5) is 27.9. The van der Waals surface area contributed by atoms with Crippen LogP contribution in [0.5, 0.6) is 0 Å². The summed E-state index contributed by atoms with van der Waals surface area (Å²) in [6.45, 7) is 9.63. The summed E-state index contributed by atoms with van der Waals surface area (Å²) >= 11 is 6.13. The first-order valence-electron chi connectivity index (χ1n) is 9.84. The second-order valence-electron chi connectivity index (χ2n) is 7.67. The fourth-order valence-corrected chi connectivity index (χ4v) is 3.84. The number of rotatable bonds is 4. The molecule has 1 fully saturated rings. The molecule has 0 radical (unpaired) electrons. The zero-order valence-electron chi connectivity index (χ0n) is 17.1. The molecular formula is C22H28ClN4O2+. The van der Waals surface area contributed by atoms with Gasteiger partial charge in [-0.1, -0.05) is 35.4 Å². The van der Waals surface area contributed by atoms with Crippen LogP contribution in [-0.4, -0.2) is 44.7 Å². The smallest absolute Gasteiger partial charge is 0.326 e. The number of quaternary nitrogens is 1. The van der Waals surface area contributed by atoms with E-state index < -0.39 is 6.03 Å². The monoisotopic (exact) mass is 415 g/mol. The lowest BCUT2D eigenvalue weighted by molar-refractivity contribution is -0.892. The summed E-state index contributed by atoms with van der Waals surface area (Å²) in [5.74, 6) is -0.269. The summed E-state index contributed by atoms with van der Waals surface area (Å²) in [6, 6.07) is 11.2. The highest BCUT2D eigenvalue weighted by Crippen LogP contribution is 2.24. The number of imide groups is 1. The third-order valence-electron chi connectivity index (χ3n) is 5.28. The Morgan fingerprint density at radius 3 is 2.45 bits per heavy atom. The molecule has 1 saturated heterocycles. The van der Waals surface area contributed by atoms with Gasteiger partial charge in [0.15, 0.2) is 6.54 Å². The van der Waals surface area contributed by atoms with Crippen molar-refractivity contribution in [3.63, 3.8) is 0 Å². The average molecular weight is 416 g/mol. The van der Waals surface area contributed by atoms with Crippen molar-refractivity contribution in [2.24, 2.45) is 0 Å². The van der Waals surface area contributed by atoms with Gasteiger partial charge in [-0.2, -0.15) is 0 Å². The van der Waals surface area contributed by atoms with Gasteiger partial charge in [0.25, 0.3) is 5.91 Å². The molecule has 1 aliphatic heterocycles. The van der Waals surface area contributed by atoms with E-state index in [2.05, 4.69) is 22.5 Å². The Balaban J connectivity index is 1.47. The topological polar surface area (TPSA) is 65.9 Å². The number of nitrogens with zero attached hydrogens (tertiary/aromatic N) is 1. The number of nitrogens with one attached hydrogen (secondary N) is 3. The molecule has 0 saturated carbocycles. The van der Waals surface area contributed by atoms with E-state index in [1.807, 2.05) is 50.2 Å². The first-order valence-corrected chi connectivity index (χ1v) is 10.2. The molecule has 3 N–H and O–H groups in total. The van der Waals surface area contributed by atoms with E-state index in [0.29, 0.717) is 5.69 Å². The molecule has 154 valence electrons. The molecule has 6 nitrogen and oxygen atoms in total. The molecule has 3 rings (SSSR count). The number of halogens is 1. The number of benzene rings is 2. The number of carbonyl (C=O) groups is 2. The van der Waals surface area contributed by atoms with Gasteiger partial charge < -0.3 is 15.1 Å². The summed E-state index contributed by atoms with van der Waals surface area (Å²) in [5, 5.41) is 5.91.